The fourth-order valence-electron chi connectivity index (χ4n) is 1.71. The van der Waals surface area contributed by atoms with Gasteiger partial charge in [0.05, 0.1) is 5.56 Å². The van der Waals surface area contributed by atoms with Gasteiger partial charge in [-0.05, 0) is 6.07 Å². The third-order valence-corrected chi connectivity index (χ3v) is 2.40. The van der Waals surface area contributed by atoms with E-state index in [0.29, 0.717) is 11.0 Å². The maximum absolute atomic E-state index is 11.6. The lowest BCUT2D eigenvalue weighted by atomic mass is 10.1. The summed E-state index contributed by atoms with van der Waals surface area (Å²) in [6.07, 6.45) is -0.539. The molecule has 1 heterocycles. The number of furan rings is 1. The van der Waals surface area contributed by atoms with Gasteiger partial charge in [-0.1, -0.05) is 18.2 Å². The topological polar surface area (TPSA) is 105 Å². The SMILES string of the molecule is O=C(O)Cc1oc2ccccc2c1C(=O)C(=O)O. The molecule has 6 heteroatoms. The normalized spacial score (nSPS) is 10.4. The standard InChI is InChI=1S/C12H8O6/c13-9(14)5-8-10(11(15)12(16)17)6-3-1-2-4-7(6)18-8/h1-4H,5H2,(H,13,14)(H,16,17). The number of para-hydroxylation sites is 1. The zero-order valence-corrected chi connectivity index (χ0v) is 9.04. The van der Waals surface area contributed by atoms with E-state index in [9.17, 15) is 14.4 Å². The molecule has 0 aliphatic rings. The fraction of sp³-hybridized carbons (Fsp3) is 0.0833. The molecule has 1 aromatic heterocycles. The Bertz CT molecular complexity index is 652. The van der Waals surface area contributed by atoms with Crippen LogP contribution in [0.3, 0.4) is 0 Å². The van der Waals surface area contributed by atoms with E-state index in [1.807, 2.05) is 0 Å². The molecule has 0 aliphatic carbocycles. The maximum atomic E-state index is 11.6. The zero-order valence-electron chi connectivity index (χ0n) is 9.04. The fourth-order valence-corrected chi connectivity index (χ4v) is 1.71. The Morgan fingerprint density at radius 3 is 2.39 bits per heavy atom. The minimum absolute atomic E-state index is 0.142. The third-order valence-electron chi connectivity index (χ3n) is 2.40. The number of carbonyl (C=O) groups excluding carboxylic acids is 1. The van der Waals surface area contributed by atoms with E-state index >= 15 is 0 Å². The van der Waals surface area contributed by atoms with E-state index in [0.717, 1.165) is 0 Å². The van der Waals surface area contributed by atoms with E-state index in [-0.39, 0.29) is 11.3 Å². The predicted octanol–water partition coefficient (Wildman–Crippen LogP) is 1.33. The van der Waals surface area contributed by atoms with Crippen molar-refractivity contribution in [2.24, 2.45) is 0 Å². The second-order valence-corrected chi connectivity index (χ2v) is 3.60. The molecule has 0 radical (unpaired) electrons. The molecule has 92 valence electrons. The summed E-state index contributed by atoms with van der Waals surface area (Å²) in [6.45, 7) is 0. The number of carbonyl (C=O) groups is 3. The maximum Gasteiger partial charge on any atom is 0.377 e. The summed E-state index contributed by atoms with van der Waals surface area (Å²) in [7, 11) is 0. The van der Waals surface area contributed by atoms with E-state index in [1.165, 1.54) is 6.07 Å². The first-order chi connectivity index (χ1) is 8.50. The molecule has 0 unspecified atom stereocenters. The molecule has 0 atom stereocenters. The summed E-state index contributed by atoms with van der Waals surface area (Å²) in [6, 6.07) is 6.31. The predicted molar refractivity (Wildman–Crippen MR) is 59.5 cm³/mol. The number of hydrogen-bond donors (Lipinski definition) is 2. The van der Waals surface area contributed by atoms with Crippen molar-refractivity contribution in [1.82, 2.24) is 0 Å². The number of carboxylic acid groups (broad SMARTS) is 2. The van der Waals surface area contributed by atoms with Gasteiger partial charge in [0.2, 0.25) is 0 Å². The van der Waals surface area contributed by atoms with Crippen molar-refractivity contribution in [2.45, 2.75) is 6.42 Å². The highest BCUT2D eigenvalue weighted by Crippen LogP contribution is 2.26. The van der Waals surface area contributed by atoms with Crippen molar-refractivity contribution in [3.8, 4) is 0 Å². The summed E-state index contributed by atoms with van der Waals surface area (Å²) >= 11 is 0. The monoisotopic (exact) mass is 248 g/mol. The van der Waals surface area contributed by atoms with Gasteiger partial charge in [0.1, 0.15) is 17.8 Å². The largest absolute Gasteiger partial charge is 0.481 e. The van der Waals surface area contributed by atoms with Gasteiger partial charge in [0.15, 0.2) is 0 Å². The van der Waals surface area contributed by atoms with Gasteiger partial charge in [-0.15, -0.1) is 0 Å². The molecule has 6 nitrogen and oxygen atoms in total. The van der Waals surface area contributed by atoms with Crippen LogP contribution in [-0.2, 0) is 16.0 Å². The molecule has 0 spiro atoms. The average Bonchev–Trinajstić information content (AvgIpc) is 2.64. The number of carboxylic acids is 2. The van der Waals surface area contributed by atoms with Crippen LogP contribution in [-0.4, -0.2) is 27.9 Å². The molecule has 2 rings (SSSR count). The number of benzene rings is 1. The van der Waals surface area contributed by atoms with Crippen LogP contribution in [0.5, 0.6) is 0 Å². The number of Topliss-reactive ketones (excluding diaryl/α,β-unsaturated/α-hetero) is 1. The Morgan fingerprint density at radius 2 is 1.78 bits per heavy atom. The Balaban J connectivity index is 2.68. The molecule has 0 fully saturated rings. The van der Waals surface area contributed by atoms with Crippen LogP contribution in [0.15, 0.2) is 28.7 Å². The molecule has 0 saturated carbocycles. The van der Waals surface area contributed by atoms with E-state index in [2.05, 4.69) is 0 Å². The van der Waals surface area contributed by atoms with Crippen LogP contribution in [0.1, 0.15) is 16.1 Å². The van der Waals surface area contributed by atoms with Crippen LogP contribution in [0.25, 0.3) is 11.0 Å². The smallest absolute Gasteiger partial charge is 0.377 e. The third kappa shape index (κ3) is 1.95. The van der Waals surface area contributed by atoms with Crippen LogP contribution in [0, 0.1) is 0 Å². The quantitative estimate of drug-likeness (QED) is 0.624. The molecule has 0 bridgehead atoms. The van der Waals surface area contributed by atoms with Crippen molar-refractivity contribution < 1.29 is 29.0 Å². The van der Waals surface area contributed by atoms with Gasteiger partial charge in [-0.3, -0.25) is 9.59 Å². The molecular formula is C12H8O6. The minimum atomic E-state index is -1.65. The molecule has 1 aromatic carbocycles. The lowest BCUT2D eigenvalue weighted by Gasteiger charge is -1.96. The first-order valence-electron chi connectivity index (χ1n) is 5.00. The van der Waals surface area contributed by atoms with Gasteiger partial charge in [-0.2, -0.15) is 0 Å². The first kappa shape index (κ1) is 11.8. The van der Waals surface area contributed by atoms with E-state index in [1.54, 1.807) is 18.2 Å². The summed E-state index contributed by atoms with van der Waals surface area (Å²) in [5, 5.41) is 17.8. The Labute approximate surface area is 100 Å². The van der Waals surface area contributed by atoms with E-state index < -0.39 is 24.1 Å². The highest BCUT2D eigenvalue weighted by molar-refractivity contribution is 6.42. The molecule has 0 saturated heterocycles. The molecular weight excluding hydrogens is 240 g/mol. The number of ketones is 1. The zero-order chi connectivity index (χ0) is 13.3. The molecule has 18 heavy (non-hydrogen) atoms. The first-order valence-corrected chi connectivity index (χ1v) is 5.00. The molecule has 2 aromatic rings. The van der Waals surface area contributed by atoms with Gasteiger partial charge in [0.25, 0.3) is 5.78 Å². The lowest BCUT2D eigenvalue weighted by molar-refractivity contribution is -0.136. The number of fused-ring (bicyclic) bond motifs is 1. The Hall–Kier alpha value is -2.63. The molecule has 2 N–H and O–H groups in total. The van der Waals surface area contributed by atoms with Gasteiger partial charge < -0.3 is 14.6 Å². The average molecular weight is 248 g/mol. The second kappa shape index (κ2) is 4.33. The summed E-state index contributed by atoms with van der Waals surface area (Å²) in [5.41, 5.74) is 0.0962. The van der Waals surface area contributed by atoms with E-state index in [4.69, 9.17) is 14.6 Å². The summed E-state index contributed by atoms with van der Waals surface area (Å²) in [4.78, 5) is 33.0. The van der Waals surface area contributed by atoms with Gasteiger partial charge in [-0.25, -0.2) is 4.79 Å². The number of aliphatic carboxylic acids is 2. The van der Waals surface area contributed by atoms with Crippen molar-refractivity contribution >= 4 is 28.7 Å². The molecule has 0 aliphatic heterocycles. The second-order valence-electron chi connectivity index (χ2n) is 3.60. The number of rotatable bonds is 4. The Kier molecular flexibility index (Phi) is 2.85. The molecule has 0 amide bonds. The van der Waals surface area contributed by atoms with Crippen molar-refractivity contribution in [3.05, 3.63) is 35.6 Å². The highest BCUT2D eigenvalue weighted by Gasteiger charge is 2.26. The van der Waals surface area contributed by atoms with Gasteiger partial charge >= 0.3 is 11.9 Å². The summed E-state index contributed by atoms with van der Waals surface area (Å²) in [5.74, 6) is -4.16. The van der Waals surface area contributed by atoms with Crippen molar-refractivity contribution in [3.63, 3.8) is 0 Å². The Morgan fingerprint density at radius 1 is 1.11 bits per heavy atom. The van der Waals surface area contributed by atoms with Crippen molar-refractivity contribution in [2.75, 3.05) is 0 Å². The number of hydrogen-bond acceptors (Lipinski definition) is 4. The van der Waals surface area contributed by atoms with Crippen molar-refractivity contribution in [1.29, 1.82) is 0 Å². The van der Waals surface area contributed by atoms with Gasteiger partial charge in [0, 0.05) is 5.39 Å². The lowest BCUT2D eigenvalue weighted by Crippen LogP contribution is -2.15. The minimum Gasteiger partial charge on any atom is -0.481 e. The highest BCUT2D eigenvalue weighted by atomic mass is 16.4. The van der Waals surface area contributed by atoms with Crippen LogP contribution < -0.4 is 0 Å². The van der Waals surface area contributed by atoms with Crippen LogP contribution in [0.4, 0.5) is 0 Å². The summed E-state index contributed by atoms with van der Waals surface area (Å²) < 4.78 is 5.22. The van der Waals surface area contributed by atoms with Crippen LogP contribution >= 0.6 is 0 Å². The van der Waals surface area contributed by atoms with Crippen LogP contribution in [0.2, 0.25) is 0 Å².